The predicted molar refractivity (Wildman–Crippen MR) is 127 cm³/mol. The van der Waals surface area contributed by atoms with Gasteiger partial charge >= 0.3 is 6.18 Å². The predicted octanol–water partition coefficient (Wildman–Crippen LogP) is 5.05. The Morgan fingerprint density at radius 2 is 1.89 bits per heavy atom. The van der Waals surface area contributed by atoms with Gasteiger partial charge in [0.05, 0.1) is 17.5 Å². The van der Waals surface area contributed by atoms with Gasteiger partial charge < -0.3 is 9.47 Å². The number of hydrogen-bond acceptors (Lipinski definition) is 4. The van der Waals surface area contributed by atoms with Gasteiger partial charge in [0.1, 0.15) is 18.5 Å². The first-order valence-electron chi connectivity index (χ1n) is 11.8. The number of alkyl halides is 4. The number of carbonyl (C=O) groups is 1. The molecule has 5 rings (SSSR count). The molecule has 4 heterocycles. The normalized spacial score (nSPS) is 19.0. The molecule has 1 atom stereocenters. The molecule has 0 N–H and O–H groups in total. The molecule has 2 saturated heterocycles. The summed E-state index contributed by atoms with van der Waals surface area (Å²) in [4.78, 5) is 30.0. The molecule has 2 aliphatic heterocycles. The van der Waals surface area contributed by atoms with E-state index in [0.29, 0.717) is 17.3 Å². The molecule has 5 nitrogen and oxygen atoms in total. The summed E-state index contributed by atoms with van der Waals surface area (Å²) in [5, 5.41) is 1.81. The lowest BCUT2D eigenvalue weighted by Gasteiger charge is -2.19. The van der Waals surface area contributed by atoms with E-state index < -0.39 is 29.3 Å². The molecule has 0 bridgehead atoms. The lowest BCUT2D eigenvalue weighted by Crippen LogP contribution is -2.35. The Morgan fingerprint density at radius 3 is 2.56 bits per heavy atom. The highest BCUT2D eigenvalue weighted by Crippen LogP contribution is 2.38. The smallest absolute Gasteiger partial charge is 0.338 e. The average Bonchev–Trinajstić information content (AvgIpc) is 3.57. The van der Waals surface area contributed by atoms with Gasteiger partial charge in [-0.25, -0.2) is 8.78 Å². The minimum absolute atomic E-state index is 0.0179. The van der Waals surface area contributed by atoms with Crippen molar-refractivity contribution in [3.05, 3.63) is 57.1 Å². The van der Waals surface area contributed by atoms with Crippen LogP contribution in [0.3, 0.4) is 0 Å². The Hall–Kier alpha value is -2.79. The molecule has 0 radical (unpaired) electrons. The molecular weight excluding hydrogens is 501 g/mol. The van der Waals surface area contributed by atoms with Crippen molar-refractivity contribution in [2.75, 3.05) is 26.2 Å². The quantitative estimate of drug-likeness (QED) is 0.438. The molecular formula is C25H24F5N3O2S. The monoisotopic (exact) mass is 525 g/mol. The molecule has 3 aromatic rings. The van der Waals surface area contributed by atoms with E-state index >= 15 is 0 Å². The summed E-state index contributed by atoms with van der Waals surface area (Å²) in [6.45, 7) is 2.26. The zero-order chi connectivity index (χ0) is 25.6. The lowest BCUT2D eigenvalue weighted by molar-refractivity contribution is -0.140. The molecule has 1 amide bonds. The van der Waals surface area contributed by atoms with Crippen LogP contribution in [0, 0.1) is 5.82 Å². The second-order valence-corrected chi connectivity index (χ2v) is 10.2. The molecule has 2 fully saturated rings. The van der Waals surface area contributed by atoms with Crippen molar-refractivity contribution in [1.29, 1.82) is 0 Å². The van der Waals surface area contributed by atoms with Gasteiger partial charge in [-0.05, 0) is 50.0 Å². The maximum absolute atomic E-state index is 13.9. The number of fused-ring (bicyclic) bond motifs is 1. The van der Waals surface area contributed by atoms with Gasteiger partial charge in [0.25, 0.3) is 5.56 Å². The molecule has 0 spiro atoms. The van der Waals surface area contributed by atoms with Crippen LogP contribution in [0.2, 0.25) is 0 Å². The molecule has 2 aromatic heterocycles. The van der Waals surface area contributed by atoms with Gasteiger partial charge in [0, 0.05) is 40.5 Å². The number of amides is 1. The van der Waals surface area contributed by atoms with E-state index in [1.54, 1.807) is 11.6 Å². The van der Waals surface area contributed by atoms with E-state index in [2.05, 4.69) is 4.90 Å². The summed E-state index contributed by atoms with van der Waals surface area (Å²) < 4.78 is 69.5. The third kappa shape index (κ3) is 4.78. The van der Waals surface area contributed by atoms with Crippen LogP contribution in [-0.2, 0) is 24.1 Å². The number of hydrogen-bond donors (Lipinski definition) is 0. The van der Waals surface area contributed by atoms with Crippen LogP contribution in [0.5, 0.6) is 0 Å². The van der Waals surface area contributed by atoms with Crippen LogP contribution >= 0.6 is 11.3 Å². The SMILES string of the molecule is O=C(Cn1cc(CN2CCCC2)c2scc(-c3ccc(F)c(C(F)(F)F)c3)c2c1=O)N1CCC(F)C1. The Morgan fingerprint density at radius 1 is 1.14 bits per heavy atom. The molecule has 192 valence electrons. The summed E-state index contributed by atoms with van der Waals surface area (Å²) in [6, 6.07) is 2.68. The number of benzene rings is 1. The topological polar surface area (TPSA) is 45.6 Å². The number of likely N-dealkylation sites (tertiary alicyclic amines) is 2. The third-order valence-electron chi connectivity index (χ3n) is 6.83. The summed E-state index contributed by atoms with van der Waals surface area (Å²) in [5.74, 6) is -1.78. The molecule has 1 aromatic carbocycles. The zero-order valence-corrected chi connectivity index (χ0v) is 20.1. The summed E-state index contributed by atoms with van der Waals surface area (Å²) in [5.41, 5.74) is -0.798. The van der Waals surface area contributed by atoms with E-state index in [4.69, 9.17) is 0 Å². The number of carbonyl (C=O) groups excluding carboxylic acids is 1. The van der Waals surface area contributed by atoms with Crippen LogP contribution in [-0.4, -0.2) is 52.6 Å². The molecule has 11 heteroatoms. The Kier molecular flexibility index (Phi) is 6.63. The summed E-state index contributed by atoms with van der Waals surface area (Å²) in [6.07, 6.45) is -2.00. The van der Waals surface area contributed by atoms with Crippen molar-refractivity contribution in [1.82, 2.24) is 14.4 Å². The number of rotatable bonds is 5. The standard InChI is InChI=1S/C25H24F5N3O2S/c26-17-5-8-32(12-17)21(34)13-33-11-16(10-31-6-1-2-7-31)23-22(24(33)35)18(14-36-23)15-3-4-20(27)19(9-15)25(28,29)30/h3-4,9,11,14,17H,1-2,5-8,10,12-13H2. The Labute approximate surface area is 207 Å². The first kappa shape index (κ1) is 24.9. The van der Waals surface area contributed by atoms with E-state index in [9.17, 15) is 31.5 Å². The maximum Gasteiger partial charge on any atom is 0.419 e. The van der Waals surface area contributed by atoms with Gasteiger partial charge in [-0.3, -0.25) is 14.5 Å². The summed E-state index contributed by atoms with van der Waals surface area (Å²) in [7, 11) is 0. The zero-order valence-electron chi connectivity index (χ0n) is 19.3. The Balaban J connectivity index is 1.61. The van der Waals surface area contributed by atoms with Crippen molar-refractivity contribution >= 4 is 27.3 Å². The van der Waals surface area contributed by atoms with Crippen molar-refractivity contribution in [3.8, 4) is 11.1 Å². The molecule has 0 aliphatic carbocycles. The second-order valence-electron chi connectivity index (χ2n) is 9.34. The van der Waals surface area contributed by atoms with Crippen LogP contribution in [0.25, 0.3) is 21.2 Å². The first-order chi connectivity index (χ1) is 17.1. The van der Waals surface area contributed by atoms with Gasteiger partial charge in [-0.2, -0.15) is 13.2 Å². The van der Waals surface area contributed by atoms with E-state index in [1.165, 1.54) is 26.9 Å². The van der Waals surface area contributed by atoms with Crippen molar-refractivity contribution in [2.24, 2.45) is 0 Å². The van der Waals surface area contributed by atoms with Crippen molar-refractivity contribution in [2.45, 2.75) is 44.7 Å². The highest BCUT2D eigenvalue weighted by Gasteiger charge is 2.34. The molecule has 1 unspecified atom stereocenters. The number of pyridine rings is 1. The number of thiophene rings is 1. The minimum Gasteiger partial charge on any atom is -0.338 e. The first-order valence-corrected chi connectivity index (χ1v) is 12.6. The average molecular weight is 526 g/mol. The van der Waals surface area contributed by atoms with Crippen LogP contribution in [0.4, 0.5) is 22.0 Å². The summed E-state index contributed by atoms with van der Waals surface area (Å²) >= 11 is 1.24. The third-order valence-corrected chi connectivity index (χ3v) is 7.89. The van der Waals surface area contributed by atoms with Gasteiger partial charge in [0.15, 0.2) is 0 Å². The number of nitrogens with zero attached hydrogens (tertiary/aromatic N) is 3. The fraction of sp³-hybridized carbons (Fsp3) is 0.440. The van der Waals surface area contributed by atoms with Crippen molar-refractivity contribution < 1.29 is 26.7 Å². The van der Waals surface area contributed by atoms with Crippen molar-refractivity contribution in [3.63, 3.8) is 0 Å². The maximum atomic E-state index is 13.9. The fourth-order valence-corrected chi connectivity index (χ4v) is 6.05. The van der Waals surface area contributed by atoms with Crippen LogP contribution < -0.4 is 5.56 Å². The minimum atomic E-state index is -4.89. The van der Waals surface area contributed by atoms with Crippen LogP contribution in [0.15, 0.2) is 34.6 Å². The Bertz CT molecular complexity index is 1360. The highest BCUT2D eigenvalue weighted by atomic mass is 32.1. The van der Waals surface area contributed by atoms with Gasteiger partial charge in [-0.15, -0.1) is 11.3 Å². The molecule has 2 aliphatic rings. The van der Waals surface area contributed by atoms with E-state index in [0.717, 1.165) is 37.6 Å². The molecule has 0 saturated carbocycles. The number of aromatic nitrogens is 1. The van der Waals surface area contributed by atoms with E-state index in [-0.39, 0.29) is 48.5 Å². The lowest BCUT2D eigenvalue weighted by atomic mass is 10.0. The highest BCUT2D eigenvalue weighted by molar-refractivity contribution is 7.18. The number of halogens is 5. The largest absolute Gasteiger partial charge is 0.419 e. The van der Waals surface area contributed by atoms with Gasteiger partial charge in [0.2, 0.25) is 5.91 Å². The fourth-order valence-electron chi connectivity index (χ4n) is 4.98. The second kappa shape index (κ2) is 9.59. The van der Waals surface area contributed by atoms with Gasteiger partial charge in [-0.1, -0.05) is 6.07 Å². The van der Waals surface area contributed by atoms with E-state index in [1.807, 2.05) is 0 Å². The van der Waals surface area contributed by atoms with Crippen LogP contribution in [0.1, 0.15) is 30.4 Å². The molecule has 36 heavy (non-hydrogen) atoms.